The Balaban J connectivity index is 2.04. The van der Waals surface area contributed by atoms with Crippen molar-refractivity contribution >= 4 is 5.78 Å². The van der Waals surface area contributed by atoms with Crippen molar-refractivity contribution in [1.82, 2.24) is 0 Å². The summed E-state index contributed by atoms with van der Waals surface area (Å²) in [6.07, 6.45) is 4.01. The van der Waals surface area contributed by atoms with Crippen molar-refractivity contribution in [1.29, 1.82) is 0 Å². The minimum absolute atomic E-state index is 0.146. The Hall–Kier alpha value is -1.57. The molecule has 1 aromatic rings. The van der Waals surface area contributed by atoms with Crippen LogP contribution in [0.4, 0.5) is 0 Å². The summed E-state index contributed by atoms with van der Waals surface area (Å²) in [4.78, 5) is 11.7. The van der Waals surface area contributed by atoms with Gasteiger partial charge in [0.25, 0.3) is 0 Å². The summed E-state index contributed by atoms with van der Waals surface area (Å²) in [6.45, 7) is 3.55. The van der Waals surface area contributed by atoms with Crippen molar-refractivity contribution in [3.8, 4) is 0 Å². The second-order valence-electron chi connectivity index (χ2n) is 5.37. The van der Waals surface area contributed by atoms with Crippen molar-refractivity contribution in [2.75, 3.05) is 0 Å². The number of hydrogen-bond acceptors (Lipinski definition) is 2. The van der Waals surface area contributed by atoms with E-state index < -0.39 is 0 Å². The average Bonchev–Trinajstić information content (AvgIpc) is 2.68. The molecular weight excluding hydrogens is 224 g/mol. The second-order valence-corrected chi connectivity index (χ2v) is 5.37. The third-order valence-corrected chi connectivity index (χ3v) is 4.20. The van der Waals surface area contributed by atoms with E-state index in [9.17, 15) is 4.79 Å². The number of fused-ring (bicyclic) bond motifs is 2. The Morgan fingerprint density at radius 3 is 2.83 bits per heavy atom. The van der Waals surface area contributed by atoms with Gasteiger partial charge in [0.1, 0.15) is 11.4 Å². The molecule has 1 atom stereocenters. The van der Waals surface area contributed by atoms with Gasteiger partial charge in [0.2, 0.25) is 0 Å². The molecule has 0 amide bonds. The van der Waals surface area contributed by atoms with Crippen molar-refractivity contribution in [3.63, 3.8) is 0 Å². The van der Waals surface area contributed by atoms with Crippen LogP contribution in [0.15, 0.2) is 35.6 Å². The van der Waals surface area contributed by atoms with Gasteiger partial charge in [0.05, 0.1) is 0 Å². The van der Waals surface area contributed by atoms with E-state index in [1.807, 2.05) is 6.92 Å². The molecule has 0 bridgehead atoms. The highest BCUT2D eigenvalue weighted by molar-refractivity contribution is 5.94. The van der Waals surface area contributed by atoms with Gasteiger partial charge in [-0.3, -0.25) is 4.79 Å². The van der Waals surface area contributed by atoms with Crippen molar-refractivity contribution in [2.24, 2.45) is 0 Å². The molecule has 0 saturated heterocycles. The van der Waals surface area contributed by atoms with Crippen LogP contribution in [0.5, 0.6) is 0 Å². The zero-order valence-electron chi connectivity index (χ0n) is 11.0. The van der Waals surface area contributed by atoms with Crippen LogP contribution in [0.2, 0.25) is 0 Å². The summed E-state index contributed by atoms with van der Waals surface area (Å²) in [7, 11) is 0. The number of rotatable bonds is 1. The van der Waals surface area contributed by atoms with E-state index in [4.69, 9.17) is 4.74 Å². The molecule has 0 fully saturated rings. The fourth-order valence-electron chi connectivity index (χ4n) is 3.34. The maximum Gasteiger partial charge on any atom is 0.159 e. The monoisotopic (exact) mass is 242 g/mol. The number of ketones is 1. The molecule has 2 heteroatoms. The minimum Gasteiger partial charge on any atom is -0.486 e. The SMILES string of the molecule is CC(=O)C1=C(C)OC2(CCCc3ccccc32)C1. The highest BCUT2D eigenvalue weighted by Gasteiger charge is 2.44. The summed E-state index contributed by atoms with van der Waals surface area (Å²) in [5.74, 6) is 0.964. The maximum atomic E-state index is 11.7. The van der Waals surface area contributed by atoms with Crippen LogP contribution in [-0.4, -0.2) is 5.78 Å². The predicted molar refractivity (Wildman–Crippen MR) is 70.1 cm³/mol. The molecule has 1 aromatic carbocycles. The quantitative estimate of drug-likeness (QED) is 0.753. The molecule has 0 aromatic heterocycles. The Morgan fingerprint density at radius 1 is 1.33 bits per heavy atom. The van der Waals surface area contributed by atoms with E-state index in [0.717, 1.165) is 37.0 Å². The number of aryl methyl sites for hydroxylation is 1. The van der Waals surface area contributed by atoms with E-state index in [0.29, 0.717) is 0 Å². The van der Waals surface area contributed by atoms with E-state index >= 15 is 0 Å². The number of ether oxygens (including phenoxy) is 1. The summed E-state index contributed by atoms with van der Waals surface area (Å²) in [6, 6.07) is 8.49. The number of Topliss-reactive ketones (excluding diaryl/α,β-unsaturated/α-hetero) is 1. The minimum atomic E-state index is -0.264. The van der Waals surface area contributed by atoms with E-state index in [1.54, 1.807) is 6.92 Å². The van der Waals surface area contributed by atoms with Crippen LogP contribution in [-0.2, 0) is 21.6 Å². The second kappa shape index (κ2) is 3.98. The molecule has 0 saturated carbocycles. The topological polar surface area (TPSA) is 26.3 Å². The molecule has 2 aliphatic rings. The Morgan fingerprint density at radius 2 is 2.11 bits per heavy atom. The van der Waals surface area contributed by atoms with Crippen LogP contribution in [0.1, 0.15) is 44.2 Å². The lowest BCUT2D eigenvalue weighted by Gasteiger charge is -2.35. The van der Waals surface area contributed by atoms with Gasteiger partial charge < -0.3 is 4.74 Å². The summed E-state index contributed by atoms with van der Waals surface area (Å²) in [5, 5.41) is 0. The molecule has 18 heavy (non-hydrogen) atoms. The zero-order valence-corrected chi connectivity index (χ0v) is 11.0. The van der Waals surface area contributed by atoms with E-state index in [-0.39, 0.29) is 11.4 Å². The maximum absolute atomic E-state index is 11.7. The molecule has 0 radical (unpaired) electrons. The van der Waals surface area contributed by atoms with Crippen LogP contribution in [0.25, 0.3) is 0 Å². The largest absolute Gasteiger partial charge is 0.486 e. The number of hydrogen-bond donors (Lipinski definition) is 0. The fourth-order valence-corrected chi connectivity index (χ4v) is 3.34. The molecule has 1 aliphatic carbocycles. The Labute approximate surface area is 108 Å². The highest BCUT2D eigenvalue weighted by atomic mass is 16.5. The molecule has 1 heterocycles. The normalized spacial score (nSPS) is 26.1. The molecule has 1 spiro atoms. The molecule has 3 rings (SSSR count). The van der Waals surface area contributed by atoms with Gasteiger partial charge in [-0.1, -0.05) is 24.3 Å². The molecule has 1 aliphatic heterocycles. The standard InChI is InChI=1S/C16H18O2/c1-11(17)14-10-16(18-12(14)2)9-5-7-13-6-3-4-8-15(13)16/h3-4,6,8H,5,7,9-10H2,1-2H3. The van der Waals surface area contributed by atoms with Gasteiger partial charge in [-0.15, -0.1) is 0 Å². The molecule has 0 N–H and O–H groups in total. The summed E-state index contributed by atoms with van der Waals surface area (Å²) < 4.78 is 6.15. The van der Waals surface area contributed by atoms with Gasteiger partial charge in [-0.05, 0) is 44.2 Å². The first-order chi connectivity index (χ1) is 8.62. The van der Waals surface area contributed by atoms with Crippen LogP contribution < -0.4 is 0 Å². The van der Waals surface area contributed by atoms with Crippen LogP contribution in [0.3, 0.4) is 0 Å². The average molecular weight is 242 g/mol. The fraction of sp³-hybridized carbons (Fsp3) is 0.438. The summed E-state index contributed by atoms with van der Waals surface area (Å²) in [5.41, 5.74) is 3.26. The number of allylic oxidation sites excluding steroid dienone is 1. The van der Waals surface area contributed by atoms with Gasteiger partial charge >= 0.3 is 0 Å². The molecular formula is C16H18O2. The highest BCUT2D eigenvalue weighted by Crippen LogP contribution is 2.48. The zero-order chi connectivity index (χ0) is 12.8. The van der Waals surface area contributed by atoms with Gasteiger partial charge in [-0.25, -0.2) is 0 Å². The predicted octanol–water partition coefficient (Wildman–Crippen LogP) is 3.50. The van der Waals surface area contributed by atoms with Crippen molar-refractivity contribution in [2.45, 2.75) is 45.1 Å². The van der Waals surface area contributed by atoms with Gasteiger partial charge in [0.15, 0.2) is 5.78 Å². The third kappa shape index (κ3) is 1.59. The Kier molecular flexibility index (Phi) is 2.54. The lowest BCUT2D eigenvalue weighted by Crippen LogP contribution is -2.30. The number of carbonyl (C=O) groups is 1. The first-order valence-electron chi connectivity index (χ1n) is 6.60. The summed E-state index contributed by atoms with van der Waals surface area (Å²) >= 11 is 0. The lowest BCUT2D eigenvalue weighted by molar-refractivity contribution is -0.113. The molecule has 1 unspecified atom stereocenters. The van der Waals surface area contributed by atoms with E-state index in [2.05, 4.69) is 24.3 Å². The van der Waals surface area contributed by atoms with Gasteiger partial charge in [-0.2, -0.15) is 0 Å². The van der Waals surface area contributed by atoms with E-state index in [1.165, 1.54) is 11.1 Å². The van der Waals surface area contributed by atoms with Crippen molar-refractivity contribution < 1.29 is 9.53 Å². The smallest absolute Gasteiger partial charge is 0.159 e. The van der Waals surface area contributed by atoms with Crippen molar-refractivity contribution in [3.05, 3.63) is 46.7 Å². The lowest BCUT2D eigenvalue weighted by atomic mass is 9.76. The first kappa shape index (κ1) is 11.5. The molecule has 94 valence electrons. The number of carbonyl (C=O) groups excluding carboxylic acids is 1. The van der Waals surface area contributed by atoms with Crippen LogP contribution in [0, 0.1) is 0 Å². The third-order valence-electron chi connectivity index (χ3n) is 4.20. The Bertz CT molecular complexity index is 542. The van der Waals surface area contributed by atoms with Crippen LogP contribution >= 0.6 is 0 Å². The van der Waals surface area contributed by atoms with Gasteiger partial charge in [0, 0.05) is 12.0 Å². The first-order valence-corrected chi connectivity index (χ1v) is 6.60. The molecule has 2 nitrogen and oxygen atoms in total. The number of benzene rings is 1.